The number of halogens is 2. The second-order valence-electron chi connectivity index (χ2n) is 2.97. The number of hydrogen-bond donors (Lipinski definition) is 3. The van der Waals surface area contributed by atoms with Gasteiger partial charge in [-0.1, -0.05) is 29.3 Å². The van der Waals surface area contributed by atoms with Crippen molar-refractivity contribution in [1.29, 1.82) is 0 Å². The monoisotopic (exact) mass is 249 g/mol. The van der Waals surface area contributed by atoms with E-state index in [1.807, 2.05) is 0 Å². The summed E-state index contributed by atoms with van der Waals surface area (Å²) >= 11 is 11.5. The first-order chi connectivity index (χ1) is 6.93. The molecule has 0 aliphatic carbocycles. The first-order valence-electron chi connectivity index (χ1n) is 4.05. The van der Waals surface area contributed by atoms with E-state index in [-0.39, 0.29) is 5.02 Å². The molecule has 2 atom stereocenters. The Morgan fingerprint density at radius 1 is 1.40 bits per heavy atom. The van der Waals surface area contributed by atoms with Crippen LogP contribution in [-0.2, 0) is 4.79 Å². The van der Waals surface area contributed by atoms with Crippen molar-refractivity contribution in [2.75, 3.05) is 0 Å². The summed E-state index contributed by atoms with van der Waals surface area (Å²) in [5.41, 5.74) is 5.88. The second kappa shape index (κ2) is 4.81. The summed E-state index contributed by atoms with van der Waals surface area (Å²) in [7, 11) is 0. The van der Waals surface area contributed by atoms with Crippen molar-refractivity contribution >= 4 is 29.2 Å². The van der Waals surface area contributed by atoms with Crippen LogP contribution in [0.1, 0.15) is 11.6 Å². The minimum absolute atomic E-state index is 0.232. The molecule has 1 aromatic rings. The minimum atomic E-state index is -1.69. The van der Waals surface area contributed by atoms with Gasteiger partial charge < -0.3 is 15.9 Å². The molecule has 0 radical (unpaired) electrons. The van der Waals surface area contributed by atoms with Crippen molar-refractivity contribution in [3.8, 4) is 0 Å². The first kappa shape index (κ1) is 12.3. The molecule has 0 aromatic heterocycles. The molecule has 0 aliphatic rings. The van der Waals surface area contributed by atoms with Crippen molar-refractivity contribution in [2.45, 2.75) is 12.1 Å². The van der Waals surface area contributed by atoms with Gasteiger partial charge in [0.05, 0.1) is 6.04 Å². The van der Waals surface area contributed by atoms with Crippen LogP contribution in [0, 0.1) is 0 Å². The van der Waals surface area contributed by atoms with Crippen LogP contribution < -0.4 is 5.73 Å². The number of carboxylic acid groups (broad SMARTS) is 1. The Balaban J connectivity index is 3.01. The van der Waals surface area contributed by atoms with Gasteiger partial charge >= 0.3 is 5.97 Å². The highest BCUT2D eigenvalue weighted by molar-refractivity contribution is 6.35. The molecule has 0 unspecified atom stereocenters. The van der Waals surface area contributed by atoms with Gasteiger partial charge in [-0.05, 0) is 17.7 Å². The molecule has 0 saturated carbocycles. The largest absolute Gasteiger partial charge is 0.479 e. The summed E-state index contributed by atoms with van der Waals surface area (Å²) in [6.07, 6.45) is -1.69. The smallest absolute Gasteiger partial charge is 0.334 e. The Morgan fingerprint density at radius 2 is 2.00 bits per heavy atom. The number of hydrogen-bond acceptors (Lipinski definition) is 3. The van der Waals surface area contributed by atoms with Gasteiger partial charge in [-0.15, -0.1) is 0 Å². The molecule has 0 fully saturated rings. The van der Waals surface area contributed by atoms with Crippen LogP contribution in [0.3, 0.4) is 0 Å². The molecule has 82 valence electrons. The number of carbonyl (C=O) groups is 1. The van der Waals surface area contributed by atoms with Crippen molar-refractivity contribution in [1.82, 2.24) is 0 Å². The lowest BCUT2D eigenvalue weighted by Gasteiger charge is -2.16. The standard InChI is InChI=1S/C9H9Cl2NO3/c10-4-1-2-5(6(11)3-4)7(12)8(13)9(14)15/h1-3,7-8,13H,12H2,(H,14,15)/t7-,8-/m0/s1. The van der Waals surface area contributed by atoms with Gasteiger partial charge in [-0.2, -0.15) is 0 Å². The van der Waals surface area contributed by atoms with E-state index >= 15 is 0 Å². The van der Waals surface area contributed by atoms with E-state index in [1.165, 1.54) is 18.2 Å². The van der Waals surface area contributed by atoms with Gasteiger partial charge in [0, 0.05) is 10.0 Å². The molecule has 6 heteroatoms. The van der Waals surface area contributed by atoms with Crippen molar-refractivity contribution in [3.63, 3.8) is 0 Å². The fourth-order valence-corrected chi connectivity index (χ4v) is 1.63. The summed E-state index contributed by atoms with van der Waals surface area (Å²) in [6.45, 7) is 0. The number of nitrogens with two attached hydrogens (primary N) is 1. The third-order valence-corrected chi connectivity index (χ3v) is 2.48. The summed E-state index contributed by atoms with van der Waals surface area (Å²) in [4.78, 5) is 10.5. The van der Waals surface area contributed by atoms with Gasteiger partial charge in [-0.25, -0.2) is 4.79 Å². The van der Waals surface area contributed by atoms with Crippen molar-refractivity contribution in [2.24, 2.45) is 5.73 Å². The predicted octanol–water partition coefficient (Wildman–Crippen LogP) is 1.44. The van der Waals surface area contributed by atoms with Crippen LogP contribution in [-0.4, -0.2) is 22.3 Å². The molecular weight excluding hydrogens is 241 g/mol. The first-order valence-corrected chi connectivity index (χ1v) is 4.80. The SMILES string of the molecule is N[C@@H](c1ccc(Cl)cc1Cl)[C@H](O)C(=O)O. The second-order valence-corrected chi connectivity index (χ2v) is 3.82. The highest BCUT2D eigenvalue weighted by Crippen LogP contribution is 2.26. The number of benzene rings is 1. The average Bonchev–Trinajstić information content (AvgIpc) is 2.15. The lowest BCUT2D eigenvalue weighted by molar-refractivity contribution is -0.147. The number of carboxylic acids is 1. The van der Waals surface area contributed by atoms with E-state index in [1.54, 1.807) is 0 Å². The minimum Gasteiger partial charge on any atom is -0.479 e. The summed E-state index contributed by atoms with van der Waals surface area (Å²) in [5, 5.41) is 18.4. The molecule has 0 aliphatic heterocycles. The van der Waals surface area contributed by atoms with E-state index < -0.39 is 18.1 Å². The van der Waals surface area contributed by atoms with Gasteiger partial charge in [0.2, 0.25) is 0 Å². The molecule has 4 nitrogen and oxygen atoms in total. The zero-order valence-electron chi connectivity index (χ0n) is 7.52. The van der Waals surface area contributed by atoms with Gasteiger partial charge in [-0.3, -0.25) is 0 Å². The highest BCUT2D eigenvalue weighted by Gasteiger charge is 2.25. The van der Waals surface area contributed by atoms with E-state index in [4.69, 9.17) is 34.0 Å². The molecule has 0 amide bonds. The van der Waals surface area contributed by atoms with Gasteiger partial charge in [0.1, 0.15) is 0 Å². The lowest BCUT2D eigenvalue weighted by atomic mass is 10.0. The molecule has 0 spiro atoms. The fourth-order valence-electron chi connectivity index (χ4n) is 1.10. The maximum atomic E-state index is 10.5. The molecule has 0 bridgehead atoms. The third kappa shape index (κ3) is 2.82. The van der Waals surface area contributed by atoms with Crippen LogP contribution in [0.5, 0.6) is 0 Å². The molecular formula is C9H9Cl2NO3. The molecule has 1 rings (SSSR count). The zero-order chi connectivity index (χ0) is 11.6. The Labute approximate surface area is 96.2 Å². The van der Waals surface area contributed by atoms with Crippen molar-refractivity contribution < 1.29 is 15.0 Å². The van der Waals surface area contributed by atoms with Gasteiger partial charge in [0.25, 0.3) is 0 Å². The number of aliphatic hydroxyl groups is 1. The fraction of sp³-hybridized carbons (Fsp3) is 0.222. The third-order valence-electron chi connectivity index (χ3n) is 1.91. The lowest BCUT2D eigenvalue weighted by Crippen LogP contribution is -2.33. The number of aliphatic carboxylic acids is 1. The van der Waals surface area contributed by atoms with E-state index in [2.05, 4.69) is 0 Å². The Hall–Kier alpha value is -0.810. The van der Waals surface area contributed by atoms with E-state index in [9.17, 15) is 9.90 Å². The van der Waals surface area contributed by atoms with Crippen LogP contribution in [0.2, 0.25) is 10.0 Å². The Morgan fingerprint density at radius 3 is 2.47 bits per heavy atom. The summed E-state index contributed by atoms with van der Waals surface area (Å²) in [6, 6.07) is 3.37. The van der Waals surface area contributed by atoms with Crippen LogP contribution >= 0.6 is 23.2 Å². The van der Waals surface area contributed by atoms with Crippen molar-refractivity contribution in [3.05, 3.63) is 33.8 Å². The maximum Gasteiger partial charge on any atom is 0.334 e. The molecule has 0 saturated heterocycles. The van der Waals surface area contributed by atoms with Crippen LogP contribution in [0.25, 0.3) is 0 Å². The predicted molar refractivity (Wildman–Crippen MR) is 57.0 cm³/mol. The highest BCUT2D eigenvalue weighted by atomic mass is 35.5. The van der Waals surface area contributed by atoms with Crippen LogP contribution in [0.4, 0.5) is 0 Å². The van der Waals surface area contributed by atoms with Gasteiger partial charge in [0.15, 0.2) is 6.10 Å². The topological polar surface area (TPSA) is 83.5 Å². The van der Waals surface area contributed by atoms with E-state index in [0.717, 1.165) is 0 Å². The zero-order valence-corrected chi connectivity index (χ0v) is 9.03. The number of aliphatic hydroxyl groups excluding tert-OH is 1. The molecule has 4 N–H and O–H groups in total. The molecule has 1 aromatic carbocycles. The summed E-state index contributed by atoms with van der Waals surface area (Å²) < 4.78 is 0. The number of rotatable bonds is 3. The quantitative estimate of drug-likeness (QED) is 0.757. The Kier molecular flexibility index (Phi) is 3.93. The normalized spacial score (nSPS) is 14.7. The maximum absolute atomic E-state index is 10.5. The Bertz CT molecular complexity index is 384. The molecule has 0 heterocycles. The average molecular weight is 250 g/mol. The summed E-state index contributed by atoms with van der Waals surface area (Å²) in [5.74, 6) is -1.39. The molecule has 15 heavy (non-hydrogen) atoms. The van der Waals surface area contributed by atoms with Crippen LogP contribution in [0.15, 0.2) is 18.2 Å². The van der Waals surface area contributed by atoms with E-state index in [0.29, 0.717) is 10.6 Å².